The second kappa shape index (κ2) is 7.85. The molecule has 0 amide bonds. The second-order valence-electron chi connectivity index (χ2n) is 4.46. The molecule has 0 saturated carbocycles. The van der Waals surface area contributed by atoms with Crippen molar-refractivity contribution < 1.29 is 18.3 Å². The first-order chi connectivity index (χ1) is 9.47. The minimum atomic E-state index is -2.86. The number of alkyl halides is 2. The zero-order valence-electron chi connectivity index (χ0n) is 12.2. The molecule has 0 aliphatic rings. The molecule has 0 spiro atoms. The van der Waals surface area contributed by atoms with E-state index in [-0.39, 0.29) is 11.8 Å². The minimum Gasteiger partial charge on any atom is -0.493 e. The Balaban J connectivity index is 2.95. The summed E-state index contributed by atoms with van der Waals surface area (Å²) in [7, 11) is 1.43. The standard InChI is InChI=1S/C15H21F2NO2/c1-5-18-11(3)10(2)8-12-6-7-13(20-15(16)17)14(9-12)19-4/h6-9,11,15,18H,5H2,1-4H3/b10-8+. The van der Waals surface area contributed by atoms with Crippen molar-refractivity contribution in [2.75, 3.05) is 13.7 Å². The van der Waals surface area contributed by atoms with Crippen molar-refractivity contribution in [1.29, 1.82) is 0 Å². The highest BCUT2D eigenvalue weighted by Gasteiger charge is 2.11. The fourth-order valence-electron chi connectivity index (χ4n) is 1.82. The van der Waals surface area contributed by atoms with Crippen LogP contribution < -0.4 is 14.8 Å². The molecule has 1 aromatic carbocycles. The highest BCUT2D eigenvalue weighted by atomic mass is 19.3. The topological polar surface area (TPSA) is 30.5 Å². The van der Waals surface area contributed by atoms with E-state index in [0.29, 0.717) is 5.75 Å². The number of rotatable bonds is 7. The van der Waals surface area contributed by atoms with E-state index in [1.165, 1.54) is 13.2 Å². The van der Waals surface area contributed by atoms with Gasteiger partial charge in [0, 0.05) is 6.04 Å². The maximum Gasteiger partial charge on any atom is 0.387 e. The average molecular weight is 285 g/mol. The monoisotopic (exact) mass is 285 g/mol. The summed E-state index contributed by atoms with van der Waals surface area (Å²) in [5.41, 5.74) is 2.03. The normalized spacial score (nSPS) is 13.4. The van der Waals surface area contributed by atoms with Crippen molar-refractivity contribution in [3.8, 4) is 11.5 Å². The quantitative estimate of drug-likeness (QED) is 0.828. The highest BCUT2D eigenvalue weighted by molar-refractivity contribution is 5.58. The molecule has 1 rings (SSSR count). The summed E-state index contributed by atoms with van der Waals surface area (Å²) < 4.78 is 33.9. The SMILES string of the molecule is CCNC(C)/C(C)=C/c1ccc(OC(F)F)c(OC)c1. The molecule has 0 aliphatic heterocycles. The molecule has 1 N–H and O–H groups in total. The fourth-order valence-corrected chi connectivity index (χ4v) is 1.82. The molecule has 0 aromatic heterocycles. The van der Waals surface area contributed by atoms with Crippen LogP contribution in [0.1, 0.15) is 26.3 Å². The third-order valence-electron chi connectivity index (χ3n) is 2.99. The van der Waals surface area contributed by atoms with E-state index in [1.54, 1.807) is 12.1 Å². The summed E-state index contributed by atoms with van der Waals surface area (Å²) in [6, 6.07) is 5.15. The Labute approximate surface area is 118 Å². The largest absolute Gasteiger partial charge is 0.493 e. The Hall–Kier alpha value is -1.62. The molecule has 5 heteroatoms. The van der Waals surface area contributed by atoms with E-state index in [2.05, 4.69) is 17.0 Å². The van der Waals surface area contributed by atoms with Gasteiger partial charge in [-0.25, -0.2) is 0 Å². The number of ether oxygens (including phenoxy) is 2. The fraction of sp³-hybridized carbons (Fsp3) is 0.467. The van der Waals surface area contributed by atoms with Crippen LogP contribution in [0.25, 0.3) is 6.08 Å². The van der Waals surface area contributed by atoms with Gasteiger partial charge in [0.15, 0.2) is 11.5 Å². The highest BCUT2D eigenvalue weighted by Crippen LogP contribution is 2.30. The predicted octanol–water partition coefficient (Wildman–Crippen LogP) is 3.70. The van der Waals surface area contributed by atoms with E-state index in [9.17, 15) is 8.78 Å². The lowest BCUT2D eigenvalue weighted by molar-refractivity contribution is -0.0512. The number of likely N-dealkylation sites (N-methyl/N-ethyl adjacent to an activating group) is 1. The van der Waals surface area contributed by atoms with Crippen LogP contribution in [0.2, 0.25) is 0 Å². The summed E-state index contributed by atoms with van der Waals surface area (Å²) in [6.07, 6.45) is 1.99. The molecule has 20 heavy (non-hydrogen) atoms. The lowest BCUT2D eigenvalue weighted by Gasteiger charge is -2.14. The third-order valence-corrected chi connectivity index (χ3v) is 2.99. The van der Waals surface area contributed by atoms with Crippen molar-refractivity contribution in [3.05, 3.63) is 29.3 Å². The Morgan fingerprint density at radius 1 is 1.35 bits per heavy atom. The zero-order valence-corrected chi connectivity index (χ0v) is 12.2. The number of hydrogen-bond donors (Lipinski definition) is 1. The lowest BCUT2D eigenvalue weighted by atomic mass is 10.1. The number of halogens is 2. The van der Waals surface area contributed by atoms with Crippen molar-refractivity contribution in [2.24, 2.45) is 0 Å². The molecular formula is C15H21F2NO2. The Morgan fingerprint density at radius 2 is 2.05 bits per heavy atom. The first-order valence-electron chi connectivity index (χ1n) is 6.52. The van der Waals surface area contributed by atoms with Crippen LogP contribution in [-0.2, 0) is 0 Å². The Morgan fingerprint density at radius 3 is 2.60 bits per heavy atom. The Kier molecular flexibility index (Phi) is 6.45. The molecule has 0 saturated heterocycles. The van der Waals surface area contributed by atoms with Gasteiger partial charge in [0.05, 0.1) is 7.11 Å². The molecule has 0 bridgehead atoms. The van der Waals surface area contributed by atoms with E-state index < -0.39 is 6.61 Å². The summed E-state index contributed by atoms with van der Waals surface area (Å²) in [6.45, 7) is 4.16. The van der Waals surface area contributed by atoms with E-state index >= 15 is 0 Å². The molecule has 112 valence electrons. The van der Waals surface area contributed by atoms with Gasteiger partial charge in [0.25, 0.3) is 0 Å². The molecule has 0 aliphatic carbocycles. The summed E-state index contributed by atoms with van der Waals surface area (Å²) in [5, 5.41) is 3.31. The zero-order chi connectivity index (χ0) is 15.1. The van der Waals surface area contributed by atoms with Gasteiger partial charge in [0.2, 0.25) is 0 Å². The summed E-state index contributed by atoms with van der Waals surface area (Å²) in [5.74, 6) is 0.333. The van der Waals surface area contributed by atoms with Crippen LogP contribution in [0.3, 0.4) is 0 Å². The van der Waals surface area contributed by atoms with Crippen LogP contribution in [0.5, 0.6) is 11.5 Å². The van der Waals surface area contributed by atoms with Crippen LogP contribution in [-0.4, -0.2) is 26.3 Å². The number of nitrogens with one attached hydrogen (secondary N) is 1. The molecule has 3 nitrogen and oxygen atoms in total. The van der Waals surface area contributed by atoms with E-state index in [4.69, 9.17) is 4.74 Å². The van der Waals surface area contributed by atoms with Gasteiger partial charge < -0.3 is 14.8 Å². The lowest BCUT2D eigenvalue weighted by Crippen LogP contribution is -2.26. The van der Waals surface area contributed by atoms with Crippen LogP contribution >= 0.6 is 0 Å². The van der Waals surface area contributed by atoms with Gasteiger partial charge >= 0.3 is 6.61 Å². The molecule has 1 atom stereocenters. The summed E-state index contributed by atoms with van der Waals surface area (Å²) in [4.78, 5) is 0. The molecule has 1 aromatic rings. The van der Waals surface area contributed by atoms with E-state index in [0.717, 1.165) is 17.7 Å². The third kappa shape index (κ3) is 4.81. The smallest absolute Gasteiger partial charge is 0.387 e. The van der Waals surface area contributed by atoms with Gasteiger partial charge in [0.1, 0.15) is 0 Å². The maximum absolute atomic E-state index is 12.2. The van der Waals surface area contributed by atoms with Gasteiger partial charge in [-0.2, -0.15) is 8.78 Å². The second-order valence-corrected chi connectivity index (χ2v) is 4.46. The maximum atomic E-state index is 12.2. The predicted molar refractivity (Wildman–Crippen MR) is 76.4 cm³/mol. The molecule has 0 heterocycles. The van der Waals surface area contributed by atoms with E-state index in [1.807, 2.05) is 19.9 Å². The van der Waals surface area contributed by atoms with Crippen LogP contribution in [0, 0.1) is 0 Å². The van der Waals surface area contributed by atoms with Gasteiger partial charge in [-0.15, -0.1) is 0 Å². The van der Waals surface area contributed by atoms with Gasteiger partial charge in [-0.1, -0.05) is 24.6 Å². The van der Waals surface area contributed by atoms with Crippen molar-refractivity contribution in [2.45, 2.75) is 33.4 Å². The van der Waals surface area contributed by atoms with Gasteiger partial charge in [-0.05, 0) is 38.1 Å². The minimum absolute atomic E-state index is 0.0389. The molecule has 0 radical (unpaired) electrons. The van der Waals surface area contributed by atoms with Crippen molar-refractivity contribution >= 4 is 6.08 Å². The molecule has 1 unspecified atom stereocenters. The number of hydrogen-bond acceptors (Lipinski definition) is 3. The van der Waals surface area contributed by atoms with Crippen molar-refractivity contribution in [1.82, 2.24) is 5.32 Å². The van der Waals surface area contributed by atoms with Crippen LogP contribution in [0.15, 0.2) is 23.8 Å². The number of benzene rings is 1. The molecule has 0 fully saturated rings. The average Bonchev–Trinajstić information content (AvgIpc) is 2.40. The Bertz CT molecular complexity index is 461. The van der Waals surface area contributed by atoms with Crippen LogP contribution in [0.4, 0.5) is 8.78 Å². The van der Waals surface area contributed by atoms with Gasteiger partial charge in [-0.3, -0.25) is 0 Å². The first kappa shape index (κ1) is 16.4. The van der Waals surface area contributed by atoms with Crippen molar-refractivity contribution in [3.63, 3.8) is 0 Å². The number of methoxy groups -OCH3 is 1. The summed E-state index contributed by atoms with van der Waals surface area (Å²) >= 11 is 0. The molecular weight excluding hydrogens is 264 g/mol. The first-order valence-corrected chi connectivity index (χ1v) is 6.52.